The number of carbonyl (C=O) groups excluding carboxylic acids is 3. The van der Waals surface area contributed by atoms with Crippen molar-refractivity contribution in [3.05, 3.63) is 53.6 Å². The van der Waals surface area contributed by atoms with E-state index in [1.165, 1.54) is 7.11 Å². The summed E-state index contributed by atoms with van der Waals surface area (Å²) in [5.41, 5.74) is 4.11. The van der Waals surface area contributed by atoms with E-state index in [1.54, 1.807) is 27.4 Å². The Hall–Kier alpha value is -4.61. The standard InChI is InChI=1S/C32H41N7O5/c1-8-39(31(42)44-32(3,4)5)23-11-13-37(14-12-23)26-10-9-24(28-25(26)19-36(6)35-28)30(41)34-22-15-21(16-27(40)43-7)29-33-20(2)17-38(29)18-22/h9-10,15,17-19,23H,8,11-14,16H2,1-7H3,(H,34,41). The number of fused-ring (bicyclic) bond motifs is 2. The molecular formula is C32H41N7O5. The molecule has 1 N–H and O–H groups in total. The van der Waals surface area contributed by atoms with Crippen LogP contribution in [0.3, 0.4) is 0 Å². The third kappa shape index (κ3) is 6.48. The second-order valence-corrected chi connectivity index (χ2v) is 12.3. The van der Waals surface area contributed by atoms with Gasteiger partial charge in [0.1, 0.15) is 16.8 Å². The Morgan fingerprint density at radius 2 is 1.84 bits per heavy atom. The lowest BCUT2D eigenvalue weighted by Gasteiger charge is -2.39. The topological polar surface area (TPSA) is 123 Å². The number of esters is 1. The Morgan fingerprint density at radius 1 is 1.11 bits per heavy atom. The zero-order valence-electron chi connectivity index (χ0n) is 26.5. The van der Waals surface area contributed by atoms with Crippen molar-refractivity contribution in [1.29, 1.82) is 0 Å². The number of amides is 2. The van der Waals surface area contributed by atoms with Crippen LogP contribution in [0.5, 0.6) is 0 Å². The average Bonchev–Trinajstić information content (AvgIpc) is 3.53. The van der Waals surface area contributed by atoms with Gasteiger partial charge in [-0.05, 0) is 65.7 Å². The number of nitrogens with zero attached hydrogens (tertiary/aromatic N) is 6. The van der Waals surface area contributed by atoms with Crippen molar-refractivity contribution in [3.63, 3.8) is 0 Å². The summed E-state index contributed by atoms with van der Waals surface area (Å²) < 4.78 is 14.0. The van der Waals surface area contributed by atoms with E-state index in [2.05, 4.69) is 20.3 Å². The normalized spacial score (nSPS) is 14.2. The van der Waals surface area contributed by atoms with Gasteiger partial charge in [0.05, 0.1) is 30.5 Å². The number of anilines is 2. The molecule has 0 spiro atoms. The zero-order valence-corrected chi connectivity index (χ0v) is 26.5. The summed E-state index contributed by atoms with van der Waals surface area (Å²) in [6.45, 7) is 11.6. The first-order valence-electron chi connectivity index (χ1n) is 14.9. The third-order valence-corrected chi connectivity index (χ3v) is 7.80. The number of benzene rings is 1. The highest BCUT2D eigenvalue weighted by atomic mass is 16.6. The van der Waals surface area contributed by atoms with E-state index in [0.29, 0.717) is 34.5 Å². The number of piperidine rings is 1. The molecule has 12 nitrogen and oxygen atoms in total. The Labute approximate surface area is 256 Å². The van der Waals surface area contributed by atoms with Crippen molar-refractivity contribution >= 4 is 45.9 Å². The van der Waals surface area contributed by atoms with Crippen molar-refractivity contribution in [2.75, 3.05) is 37.0 Å². The second-order valence-electron chi connectivity index (χ2n) is 12.3. The summed E-state index contributed by atoms with van der Waals surface area (Å²) in [4.78, 5) is 47.1. The molecule has 5 rings (SSSR count). The van der Waals surface area contributed by atoms with E-state index < -0.39 is 11.6 Å². The van der Waals surface area contributed by atoms with Crippen LogP contribution in [0.1, 0.15) is 62.2 Å². The molecule has 3 aromatic heterocycles. The Kier molecular flexibility index (Phi) is 8.53. The van der Waals surface area contributed by atoms with Gasteiger partial charge < -0.3 is 29.0 Å². The molecule has 1 aliphatic rings. The van der Waals surface area contributed by atoms with Crippen molar-refractivity contribution < 1.29 is 23.9 Å². The highest BCUT2D eigenvalue weighted by Gasteiger charge is 2.31. The molecule has 4 heterocycles. The van der Waals surface area contributed by atoms with E-state index in [1.807, 2.05) is 65.0 Å². The van der Waals surface area contributed by atoms with Gasteiger partial charge in [-0.3, -0.25) is 14.3 Å². The van der Waals surface area contributed by atoms with Crippen LogP contribution < -0.4 is 10.2 Å². The van der Waals surface area contributed by atoms with Crippen LogP contribution in [0.2, 0.25) is 0 Å². The van der Waals surface area contributed by atoms with Gasteiger partial charge in [0.15, 0.2) is 0 Å². The van der Waals surface area contributed by atoms with Gasteiger partial charge in [0.2, 0.25) is 0 Å². The fraction of sp³-hybridized carbons (Fsp3) is 0.469. The highest BCUT2D eigenvalue weighted by molar-refractivity contribution is 6.14. The number of carbonyl (C=O) groups is 3. The molecule has 0 bridgehead atoms. The predicted molar refractivity (Wildman–Crippen MR) is 168 cm³/mol. The fourth-order valence-corrected chi connectivity index (χ4v) is 5.86. The Balaban J connectivity index is 1.36. The molecule has 44 heavy (non-hydrogen) atoms. The third-order valence-electron chi connectivity index (χ3n) is 7.80. The summed E-state index contributed by atoms with van der Waals surface area (Å²) in [5, 5.41) is 8.52. The fourth-order valence-electron chi connectivity index (χ4n) is 5.86. The van der Waals surface area contributed by atoms with Gasteiger partial charge >= 0.3 is 12.1 Å². The molecule has 1 fully saturated rings. The average molecular weight is 604 g/mol. The monoisotopic (exact) mass is 603 g/mol. The van der Waals surface area contributed by atoms with Gasteiger partial charge in [-0.2, -0.15) is 5.10 Å². The number of hydrogen-bond acceptors (Lipinski definition) is 8. The maximum atomic E-state index is 13.6. The number of hydrogen-bond donors (Lipinski definition) is 1. The molecule has 2 amide bonds. The van der Waals surface area contributed by atoms with Gasteiger partial charge in [-0.15, -0.1) is 0 Å². The summed E-state index contributed by atoms with van der Waals surface area (Å²) >= 11 is 0. The number of imidazole rings is 1. The van der Waals surface area contributed by atoms with Gasteiger partial charge in [0, 0.05) is 68.0 Å². The molecule has 0 saturated carbocycles. The van der Waals surface area contributed by atoms with Crippen molar-refractivity contribution in [3.8, 4) is 0 Å². The first-order chi connectivity index (χ1) is 20.9. The summed E-state index contributed by atoms with van der Waals surface area (Å²) in [5.74, 6) is -0.701. The molecule has 0 atom stereocenters. The number of rotatable bonds is 7. The maximum Gasteiger partial charge on any atom is 0.410 e. The minimum atomic E-state index is -0.540. The molecule has 1 saturated heterocycles. The van der Waals surface area contributed by atoms with Gasteiger partial charge in [-0.1, -0.05) is 0 Å². The van der Waals surface area contributed by atoms with E-state index >= 15 is 0 Å². The maximum absolute atomic E-state index is 13.6. The molecule has 1 aromatic carbocycles. The van der Waals surface area contributed by atoms with Crippen molar-refractivity contribution in [2.45, 2.75) is 65.5 Å². The first kappa shape index (κ1) is 30.8. The molecule has 4 aromatic rings. The highest BCUT2D eigenvalue weighted by Crippen LogP contribution is 2.32. The lowest BCUT2D eigenvalue weighted by molar-refractivity contribution is -0.139. The molecular weight excluding hydrogens is 562 g/mol. The lowest BCUT2D eigenvalue weighted by atomic mass is 10.0. The molecule has 234 valence electrons. The number of aromatic nitrogens is 4. The molecule has 0 radical (unpaired) electrons. The van der Waals surface area contributed by atoms with Crippen molar-refractivity contribution in [1.82, 2.24) is 24.1 Å². The van der Waals surface area contributed by atoms with Crippen LogP contribution in [0.4, 0.5) is 16.2 Å². The van der Waals surface area contributed by atoms with E-state index in [-0.39, 0.29) is 24.5 Å². The number of methoxy groups -OCH3 is 1. The SMILES string of the molecule is CCN(C(=O)OC(C)(C)C)C1CCN(c2ccc(C(=O)Nc3cc(CC(=O)OC)c4nc(C)cn4c3)c3nn(C)cc23)CC1. The number of aryl methyl sites for hydroxylation is 2. The quantitative estimate of drug-likeness (QED) is 0.301. The predicted octanol–water partition coefficient (Wildman–Crippen LogP) is 4.72. The zero-order chi connectivity index (χ0) is 31.8. The van der Waals surface area contributed by atoms with Crippen molar-refractivity contribution in [2.24, 2.45) is 7.05 Å². The van der Waals surface area contributed by atoms with Crippen LogP contribution >= 0.6 is 0 Å². The summed E-state index contributed by atoms with van der Waals surface area (Å²) in [6.07, 6.45) is 6.92. The molecule has 1 aliphatic heterocycles. The van der Waals surface area contributed by atoms with Crippen LogP contribution in [-0.4, -0.2) is 80.4 Å². The first-order valence-corrected chi connectivity index (χ1v) is 14.9. The minimum Gasteiger partial charge on any atom is -0.469 e. The Bertz CT molecular complexity index is 1710. The summed E-state index contributed by atoms with van der Waals surface area (Å²) in [7, 11) is 3.18. The lowest BCUT2D eigenvalue weighted by Crippen LogP contribution is -2.48. The minimum absolute atomic E-state index is 0.0316. The van der Waals surface area contributed by atoms with E-state index in [0.717, 1.165) is 42.7 Å². The molecule has 0 unspecified atom stereocenters. The van der Waals surface area contributed by atoms with Crippen LogP contribution in [-0.2, 0) is 27.7 Å². The Morgan fingerprint density at radius 3 is 2.50 bits per heavy atom. The number of pyridine rings is 1. The van der Waals surface area contributed by atoms with Crippen LogP contribution in [0, 0.1) is 6.92 Å². The van der Waals surface area contributed by atoms with Crippen LogP contribution in [0.15, 0.2) is 36.8 Å². The van der Waals surface area contributed by atoms with Gasteiger partial charge in [0.25, 0.3) is 5.91 Å². The smallest absolute Gasteiger partial charge is 0.410 e. The largest absolute Gasteiger partial charge is 0.469 e. The van der Waals surface area contributed by atoms with E-state index in [9.17, 15) is 14.4 Å². The molecule has 0 aliphatic carbocycles. The summed E-state index contributed by atoms with van der Waals surface area (Å²) in [6, 6.07) is 5.62. The van der Waals surface area contributed by atoms with Gasteiger partial charge in [-0.25, -0.2) is 9.78 Å². The number of nitrogens with one attached hydrogen (secondary N) is 1. The van der Waals surface area contributed by atoms with E-state index in [4.69, 9.17) is 9.47 Å². The molecule has 12 heteroatoms. The van der Waals surface area contributed by atoms with Crippen LogP contribution in [0.25, 0.3) is 16.6 Å². The number of ether oxygens (including phenoxy) is 2. The second kappa shape index (κ2) is 12.2.